The molecular weight excluding hydrogens is 268 g/mol. The van der Waals surface area contributed by atoms with Gasteiger partial charge >= 0.3 is 6.03 Å². The van der Waals surface area contributed by atoms with Gasteiger partial charge in [-0.3, -0.25) is 4.98 Å². The second-order valence-electron chi connectivity index (χ2n) is 5.14. The van der Waals surface area contributed by atoms with Crippen LogP contribution in [0.2, 0.25) is 0 Å². The number of amides is 2. The number of hydrogen-bond donors (Lipinski definition) is 2. The molecule has 2 amide bonds. The fraction of sp³-hybridized carbons (Fsp3) is 0.400. The molecule has 1 aliphatic rings. The summed E-state index contributed by atoms with van der Waals surface area (Å²) in [5.41, 5.74) is 3.12. The van der Waals surface area contributed by atoms with Crippen molar-refractivity contribution in [3.63, 3.8) is 0 Å². The predicted molar refractivity (Wildman–Crippen MR) is 78.0 cm³/mol. The van der Waals surface area contributed by atoms with Crippen molar-refractivity contribution < 1.29 is 9.21 Å². The van der Waals surface area contributed by atoms with Gasteiger partial charge in [-0.2, -0.15) is 0 Å². The van der Waals surface area contributed by atoms with Crippen LogP contribution in [0.15, 0.2) is 22.9 Å². The Bertz CT molecular complexity index is 651. The first-order valence-electron chi connectivity index (χ1n) is 7.15. The summed E-state index contributed by atoms with van der Waals surface area (Å²) in [4.78, 5) is 20.4. The molecule has 0 atom stereocenters. The van der Waals surface area contributed by atoms with E-state index in [-0.39, 0.29) is 6.03 Å². The molecule has 6 nitrogen and oxygen atoms in total. The Morgan fingerprint density at radius 3 is 3.00 bits per heavy atom. The Hall–Kier alpha value is -2.37. The summed E-state index contributed by atoms with van der Waals surface area (Å²) in [5, 5.41) is 5.66. The van der Waals surface area contributed by atoms with Crippen molar-refractivity contribution >= 4 is 11.7 Å². The molecule has 2 N–H and O–H groups in total. The highest BCUT2D eigenvalue weighted by Gasteiger charge is 2.15. The van der Waals surface area contributed by atoms with E-state index in [0.29, 0.717) is 18.2 Å². The molecule has 3 rings (SSSR count). The maximum atomic E-state index is 12.0. The monoisotopic (exact) mass is 286 g/mol. The van der Waals surface area contributed by atoms with Gasteiger partial charge in [0.15, 0.2) is 5.89 Å². The molecule has 0 aromatic carbocycles. The van der Waals surface area contributed by atoms with Gasteiger partial charge < -0.3 is 15.1 Å². The number of nitrogens with one attached hydrogen (secondary N) is 2. The zero-order valence-electron chi connectivity index (χ0n) is 12.0. The summed E-state index contributed by atoms with van der Waals surface area (Å²) in [6, 6.07) is 1.60. The molecule has 6 heteroatoms. The number of anilines is 1. The summed E-state index contributed by atoms with van der Waals surface area (Å²) in [6.07, 6.45) is 7.64. The van der Waals surface area contributed by atoms with Crippen LogP contribution in [0.1, 0.15) is 35.7 Å². The zero-order valence-corrected chi connectivity index (χ0v) is 12.0. The largest absolute Gasteiger partial charge is 0.444 e. The molecule has 0 fully saturated rings. The standard InChI is InChI=1S/C15H18N4O2/c1-10-17-8-11(21-10)9-18-15(20)19-14-6-7-16-13-5-3-2-4-12(13)14/h6-8H,2-5,9H2,1H3,(H2,16,18,19,20). The number of rotatable bonds is 3. The van der Waals surface area contributed by atoms with Crippen molar-refractivity contribution in [3.8, 4) is 0 Å². The minimum atomic E-state index is -0.247. The second kappa shape index (κ2) is 5.95. The fourth-order valence-electron chi connectivity index (χ4n) is 2.56. The lowest BCUT2D eigenvalue weighted by molar-refractivity contribution is 0.250. The van der Waals surface area contributed by atoms with Gasteiger partial charge in [0.05, 0.1) is 12.7 Å². The molecule has 1 aliphatic carbocycles. The Labute approximate surface area is 123 Å². The van der Waals surface area contributed by atoms with Crippen LogP contribution in [0.5, 0.6) is 0 Å². The third-order valence-electron chi connectivity index (χ3n) is 3.58. The zero-order chi connectivity index (χ0) is 14.7. The number of aryl methyl sites for hydroxylation is 2. The lowest BCUT2D eigenvalue weighted by Gasteiger charge is -2.18. The van der Waals surface area contributed by atoms with E-state index in [1.165, 1.54) is 6.42 Å². The SMILES string of the molecule is Cc1ncc(CNC(=O)Nc2ccnc3c2CCCC3)o1. The highest BCUT2D eigenvalue weighted by atomic mass is 16.4. The molecule has 21 heavy (non-hydrogen) atoms. The summed E-state index contributed by atoms with van der Waals surface area (Å²) in [6.45, 7) is 2.09. The van der Waals surface area contributed by atoms with Crippen molar-refractivity contribution in [2.45, 2.75) is 39.2 Å². The highest BCUT2D eigenvalue weighted by molar-refractivity contribution is 5.90. The molecule has 2 heterocycles. The van der Waals surface area contributed by atoms with Gasteiger partial charge in [0.25, 0.3) is 0 Å². The van der Waals surface area contributed by atoms with Crippen molar-refractivity contribution in [1.29, 1.82) is 0 Å². The van der Waals surface area contributed by atoms with Crippen LogP contribution >= 0.6 is 0 Å². The van der Waals surface area contributed by atoms with Crippen molar-refractivity contribution in [3.05, 3.63) is 41.4 Å². The van der Waals surface area contributed by atoms with Gasteiger partial charge in [-0.1, -0.05) is 0 Å². The van der Waals surface area contributed by atoms with Crippen LogP contribution in [-0.2, 0) is 19.4 Å². The first kappa shape index (κ1) is 13.6. The highest BCUT2D eigenvalue weighted by Crippen LogP contribution is 2.25. The lowest BCUT2D eigenvalue weighted by Crippen LogP contribution is -2.29. The number of carbonyl (C=O) groups excluding carboxylic acids is 1. The number of urea groups is 1. The third-order valence-corrected chi connectivity index (χ3v) is 3.58. The minimum Gasteiger partial charge on any atom is -0.444 e. The molecule has 0 spiro atoms. The maximum absolute atomic E-state index is 12.0. The molecule has 110 valence electrons. The van der Waals surface area contributed by atoms with Crippen LogP contribution < -0.4 is 10.6 Å². The Morgan fingerprint density at radius 1 is 1.33 bits per heavy atom. The fourth-order valence-corrected chi connectivity index (χ4v) is 2.56. The van der Waals surface area contributed by atoms with Crippen molar-refractivity contribution in [2.75, 3.05) is 5.32 Å². The van der Waals surface area contributed by atoms with E-state index >= 15 is 0 Å². The Kier molecular flexibility index (Phi) is 3.85. The molecule has 0 unspecified atom stereocenters. The summed E-state index contributed by atoms with van der Waals surface area (Å²) in [5.74, 6) is 1.23. The second-order valence-corrected chi connectivity index (χ2v) is 5.14. The molecule has 2 aromatic rings. The van der Waals surface area contributed by atoms with E-state index in [9.17, 15) is 4.79 Å². The predicted octanol–water partition coefficient (Wildman–Crippen LogP) is 2.58. The van der Waals surface area contributed by atoms with Crippen molar-refractivity contribution in [1.82, 2.24) is 15.3 Å². The van der Waals surface area contributed by atoms with Crippen LogP contribution in [0.3, 0.4) is 0 Å². The van der Waals surface area contributed by atoms with Gasteiger partial charge in [-0.25, -0.2) is 9.78 Å². The normalized spacial score (nSPS) is 13.6. The molecule has 0 saturated heterocycles. The number of pyridine rings is 1. The van der Waals surface area contributed by atoms with E-state index in [1.54, 1.807) is 19.3 Å². The van der Waals surface area contributed by atoms with E-state index in [4.69, 9.17) is 4.42 Å². The topological polar surface area (TPSA) is 80.0 Å². The van der Waals surface area contributed by atoms with Gasteiger partial charge in [0.2, 0.25) is 0 Å². The Balaban J connectivity index is 1.62. The van der Waals surface area contributed by atoms with Gasteiger partial charge in [0, 0.05) is 24.5 Å². The lowest BCUT2D eigenvalue weighted by atomic mass is 9.95. The molecule has 0 saturated carbocycles. The van der Waals surface area contributed by atoms with E-state index in [0.717, 1.165) is 36.2 Å². The summed E-state index contributed by atoms with van der Waals surface area (Å²) >= 11 is 0. The summed E-state index contributed by atoms with van der Waals surface area (Å²) < 4.78 is 5.31. The quantitative estimate of drug-likeness (QED) is 0.908. The average Bonchev–Trinajstić information content (AvgIpc) is 2.91. The van der Waals surface area contributed by atoms with E-state index in [2.05, 4.69) is 20.6 Å². The number of nitrogens with zero attached hydrogens (tertiary/aromatic N) is 2. The van der Waals surface area contributed by atoms with Gasteiger partial charge in [-0.15, -0.1) is 0 Å². The molecular formula is C15H18N4O2. The van der Waals surface area contributed by atoms with Crippen LogP contribution in [-0.4, -0.2) is 16.0 Å². The molecule has 0 radical (unpaired) electrons. The third kappa shape index (κ3) is 3.21. The molecule has 0 bridgehead atoms. The van der Waals surface area contributed by atoms with Crippen LogP contribution in [0.25, 0.3) is 0 Å². The average molecular weight is 286 g/mol. The first-order valence-corrected chi connectivity index (χ1v) is 7.15. The molecule has 2 aromatic heterocycles. The summed E-state index contributed by atoms with van der Waals surface area (Å²) in [7, 11) is 0. The number of carbonyl (C=O) groups is 1. The van der Waals surface area contributed by atoms with E-state index < -0.39 is 0 Å². The van der Waals surface area contributed by atoms with Crippen molar-refractivity contribution in [2.24, 2.45) is 0 Å². The smallest absolute Gasteiger partial charge is 0.319 e. The Morgan fingerprint density at radius 2 is 2.19 bits per heavy atom. The van der Waals surface area contributed by atoms with Crippen LogP contribution in [0.4, 0.5) is 10.5 Å². The maximum Gasteiger partial charge on any atom is 0.319 e. The number of hydrogen-bond acceptors (Lipinski definition) is 4. The number of aromatic nitrogens is 2. The van der Waals surface area contributed by atoms with Gasteiger partial charge in [-0.05, 0) is 37.3 Å². The molecule has 0 aliphatic heterocycles. The first-order chi connectivity index (χ1) is 10.2. The minimum absolute atomic E-state index is 0.247. The van der Waals surface area contributed by atoms with E-state index in [1.807, 2.05) is 6.07 Å². The van der Waals surface area contributed by atoms with Gasteiger partial charge in [0.1, 0.15) is 5.76 Å². The number of oxazole rings is 1. The number of fused-ring (bicyclic) bond motifs is 1. The van der Waals surface area contributed by atoms with Crippen LogP contribution in [0, 0.1) is 6.92 Å².